The number of nitro groups is 1. The second-order valence-corrected chi connectivity index (χ2v) is 7.02. The van der Waals surface area contributed by atoms with E-state index in [9.17, 15) is 19.7 Å². The van der Waals surface area contributed by atoms with E-state index in [0.717, 1.165) is 19.3 Å². The minimum absolute atomic E-state index is 0.0992. The van der Waals surface area contributed by atoms with Crippen LogP contribution in [-0.2, 0) is 15.2 Å². The van der Waals surface area contributed by atoms with E-state index in [2.05, 4.69) is 9.78 Å². The Morgan fingerprint density at radius 1 is 1.12 bits per heavy atom. The summed E-state index contributed by atoms with van der Waals surface area (Å²) in [5.41, 5.74) is -0.190. The van der Waals surface area contributed by atoms with Crippen molar-refractivity contribution in [2.45, 2.75) is 45.4 Å². The van der Waals surface area contributed by atoms with Gasteiger partial charge in [0.25, 0.3) is 5.69 Å². The Labute approximate surface area is 150 Å². The highest BCUT2D eigenvalue weighted by molar-refractivity contribution is 5.70. The third kappa shape index (κ3) is 5.08. The second kappa shape index (κ2) is 8.03. The number of non-ortho nitro benzene ring substituents is 1. The van der Waals surface area contributed by atoms with E-state index < -0.39 is 22.6 Å². The van der Waals surface area contributed by atoms with Gasteiger partial charge in [-0.15, -0.1) is 0 Å². The quantitative estimate of drug-likeness (QED) is 0.256. The first kappa shape index (κ1) is 19.5. The molecular formula is C17H22N2O7. The zero-order valence-electron chi connectivity index (χ0n) is 15.0. The zero-order chi connectivity index (χ0) is 19.3. The van der Waals surface area contributed by atoms with Gasteiger partial charge in [-0.2, -0.15) is 4.79 Å². The molecule has 0 aliphatic carbocycles. The molecule has 0 spiro atoms. The lowest BCUT2D eigenvalue weighted by Gasteiger charge is -2.24. The molecule has 1 aliphatic heterocycles. The fourth-order valence-corrected chi connectivity index (χ4v) is 2.61. The van der Waals surface area contributed by atoms with Gasteiger partial charge in [-0.05, 0) is 30.7 Å². The predicted octanol–water partition coefficient (Wildman–Crippen LogP) is 3.95. The number of hydrogen-bond acceptors (Lipinski definition) is 7. The van der Waals surface area contributed by atoms with Crippen LogP contribution in [0, 0.1) is 10.1 Å². The molecule has 1 fully saturated rings. The van der Waals surface area contributed by atoms with Crippen molar-refractivity contribution in [2.75, 3.05) is 13.1 Å². The summed E-state index contributed by atoms with van der Waals surface area (Å²) in [4.78, 5) is 44.4. The molecule has 0 bridgehead atoms. The van der Waals surface area contributed by atoms with Crippen molar-refractivity contribution in [2.24, 2.45) is 0 Å². The maximum Gasteiger partial charge on any atom is 0.555 e. The molecule has 1 heterocycles. The number of amides is 1. The number of ether oxygens (including phenoxy) is 1. The van der Waals surface area contributed by atoms with Crippen LogP contribution in [0.3, 0.4) is 0 Å². The van der Waals surface area contributed by atoms with E-state index in [4.69, 9.17) is 4.74 Å². The van der Waals surface area contributed by atoms with Crippen molar-refractivity contribution in [3.05, 3.63) is 33.9 Å². The molecule has 0 saturated carbocycles. The number of carbonyl (C=O) groups is 2. The van der Waals surface area contributed by atoms with E-state index in [1.807, 2.05) is 20.8 Å². The molecular weight excluding hydrogens is 344 g/mol. The maximum atomic E-state index is 11.8. The highest BCUT2D eigenvalue weighted by Gasteiger charge is 2.26. The summed E-state index contributed by atoms with van der Waals surface area (Å²) in [6, 6.07) is 3.87. The molecule has 0 atom stereocenters. The van der Waals surface area contributed by atoms with Gasteiger partial charge in [-0.1, -0.05) is 20.8 Å². The number of carbonyl (C=O) groups excluding carboxylic acids is 2. The lowest BCUT2D eigenvalue weighted by Crippen LogP contribution is -2.36. The fourth-order valence-electron chi connectivity index (χ4n) is 2.61. The third-order valence-corrected chi connectivity index (χ3v) is 3.97. The van der Waals surface area contributed by atoms with Gasteiger partial charge in [0.05, 0.1) is 4.92 Å². The van der Waals surface area contributed by atoms with Gasteiger partial charge in [0.2, 0.25) is 0 Å². The number of nitrogens with zero attached hydrogens (tertiary/aromatic N) is 2. The number of rotatable bonds is 2. The number of piperidine rings is 1. The molecule has 1 aliphatic rings. The molecule has 9 nitrogen and oxygen atoms in total. The summed E-state index contributed by atoms with van der Waals surface area (Å²) in [5.74, 6) is 0.0992. The number of hydrogen-bond donors (Lipinski definition) is 0. The largest absolute Gasteiger partial charge is 0.555 e. The SMILES string of the molecule is CC(C)(C)c1cc([N+](=O)[O-])ccc1OC(=O)OOC(=O)N1CCCCC1. The van der Waals surface area contributed by atoms with Crippen molar-refractivity contribution < 1.29 is 29.0 Å². The molecule has 0 aromatic heterocycles. The van der Waals surface area contributed by atoms with Crippen LogP contribution >= 0.6 is 0 Å². The van der Waals surface area contributed by atoms with Crippen LogP contribution in [0.1, 0.15) is 45.6 Å². The smallest absolute Gasteiger partial charge is 0.392 e. The molecule has 26 heavy (non-hydrogen) atoms. The van der Waals surface area contributed by atoms with Gasteiger partial charge in [-0.25, -0.2) is 14.6 Å². The Balaban J connectivity index is 2.01. The van der Waals surface area contributed by atoms with Gasteiger partial charge >= 0.3 is 12.2 Å². The lowest BCUT2D eigenvalue weighted by molar-refractivity contribution is -0.385. The van der Waals surface area contributed by atoms with Crippen LogP contribution < -0.4 is 4.74 Å². The first-order chi connectivity index (χ1) is 12.2. The first-order valence-corrected chi connectivity index (χ1v) is 8.32. The van der Waals surface area contributed by atoms with Crippen molar-refractivity contribution >= 4 is 17.9 Å². The van der Waals surface area contributed by atoms with Gasteiger partial charge in [0.15, 0.2) is 0 Å². The van der Waals surface area contributed by atoms with Crippen LogP contribution in [0.25, 0.3) is 0 Å². The Morgan fingerprint density at radius 2 is 1.77 bits per heavy atom. The molecule has 142 valence electrons. The van der Waals surface area contributed by atoms with Crippen molar-refractivity contribution in [1.82, 2.24) is 4.90 Å². The van der Waals surface area contributed by atoms with Crippen molar-refractivity contribution in [3.8, 4) is 5.75 Å². The summed E-state index contributed by atoms with van der Waals surface area (Å²) in [6.07, 6.45) is 0.813. The Hall–Kier alpha value is -2.84. The molecule has 1 saturated heterocycles. The normalized spacial score (nSPS) is 14.5. The third-order valence-electron chi connectivity index (χ3n) is 3.97. The molecule has 1 amide bonds. The van der Waals surface area contributed by atoms with E-state index in [0.29, 0.717) is 18.7 Å². The van der Waals surface area contributed by atoms with E-state index in [1.165, 1.54) is 23.1 Å². The van der Waals surface area contributed by atoms with Crippen molar-refractivity contribution in [3.63, 3.8) is 0 Å². The summed E-state index contributed by atoms with van der Waals surface area (Å²) < 4.78 is 5.07. The molecule has 9 heteroatoms. The van der Waals surface area contributed by atoms with Gasteiger partial charge in [0.1, 0.15) is 5.75 Å². The van der Waals surface area contributed by atoms with Crippen molar-refractivity contribution in [1.29, 1.82) is 0 Å². The highest BCUT2D eigenvalue weighted by Crippen LogP contribution is 2.34. The minimum atomic E-state index is -1.23. The average Bonchev–Trinajstić information content (AvgIpc) is 2.59. The molecule has 0 unspecified atom stereocenters. The van der Waals surface area contributed by atoms with E-state index in [-0.39, 0.29) is 11.4 Å². The summed E-state index contributed by atoms with van der Waals surface area (Å²) in [5, 5.41) is 11.0. The zero-order valence-corrected chi connectivity index (χ0v) is 15.0. The molecule has 1 aromatic carbocycles. The Kier molecular flexibility index (Phi) is 6.01. The fraction of sp³-hybridized carbons (Fsp3) is 0.529. The second-order valence-electron chi connectivity index (χ2n) is 7.02. The number of nitro benzene ring substituents is 1. The van der Waals surface area contributed by atoms with Crippen LogP contribution in [0.4, 0.5) is 15.3 Å². The topological polar surface area (TPSA) is 108 Å². The average molecular weight is 366 g/mol. The minimum Gasteiger partial charge on any atom is -0.392 e. The first-order valence-electron chi connectivity index (χ1n) is 8.32. The van der Waals surface area contributed by atoms with E-state index >= 15 is 0 Å². The predicted molar refractivity (Wildman–Crippen MR) is 90.8 cm³/mol. The Morgan fingerprint density at radius 3 is 2.35 bits per heavy atom. The maximum absolute atomic E-state index is 11.8. The van der Waals surface area contributed by atoms with Gasteiger partial charge < -0.3 is 9.64 Å². The van der Waals surface area contributed by atoms with E-state index in [1.54, 1.807) is 0 Å². The molecule has 2 rings (SSSR count). The standard InChI is InChI=1S/C17H22N2O7/c1-17(2,3)13-11-12(19(22)23)7-8-14(13)24-16(21)26-25-15(20)18-9-5-4-6-10-18/h7-8,11H,4-6,9-10H2,1-3H3. The number of likely N-dealkylation sites (tertiary alicyclic amines) is 1. The highest BCUT2D eigenvalue weighted by atomic mass is 17.2. The Bertz CT molecular complexity index is 691. The van der Waals surface area contributed by atoms with Crippen LogP contribution in [0.2, 0.25) is 0 Å². The van der Waals surface area contributed by atoms with Crippen LogP contribution in [0.5, 0.6) is 5.75 Å². The van der Waals surface area contributed by atoms with Crippen LogP contribution in [0.15, 0.2) is 18.2 Å². The van der Waals surface area contributed by atoms with Gasteiger partial charge in [-0.3, -0.25) is 10.1 Å². The van der Waals surface area contributed by atoms with Crippen LogP contribution in [-0.4, -0.2) is 35.2 Å². The summed E-state index contributed by atoms with van der Waals surface area (Å²) in [6.45, 7) is 6.56. The summed E-state index contributed by atoms with van der Waals surface area (Å²) >= 11 is 0. The lowest BCUT2D eigenvalue weighted by atomic mass is 9.86. The molecule has 0 N–H and O–H groups in total. The summed E-state index contributed by atoms with van der Waals surface area (Å²) in [7, 11) is 0. The molecule has 1 aromatic rings. The van der Waals surface area contributed by atoms with Gasteiger partial charge in [0, 0.05) is 30.8 Å². The monoisotopic (exact) mass is 366 g/mol. The molecule has 0 radical (unpaired) electrons. The number of benzene rings is 1.